The molecule has 0 amide bonds. The van der Waals surface area contributed by atoms with Gasteiger partial charge < -0.3 is 9.14 Å². The first-order valence-corrected chi connectivity index (χ1v) is 10.8. The van der Waals surface area contributed by atoms with Crippen LogP contribution < -0.4 is 0 Å². The molecule has 5 nitrogen and oxygen atoms in total. The zero-order chi connectivity index (χ0) is 21.7. The van der Waals surface area contributed by atoms with E-state index in [4.69, 9.17) is 21.3 Å². The Balaban J connectivity index is 1.61. The standard InChI is InChI=1S/C24H24ClFN4O/c1-14-15(2)30-13-17(16-6-7-31-23(9-16)18-11-27-29(3)12-18)8-21(24(30)28-14)20-5-4-19(25)10-22(20)26/h4-5,8,10-13,16,23H,6-7,9H2,1-3H3/t16-,23+/m1/s1. The van der Waals surface area contributed by atoms with Crippen molar-refractivity contribution in [1.29, 1.82) is 0 Å². The van der Waals surface area contributed by atoms with Crippen LogP contribution in [0, 0.1) is 19.7 Å². The number of ether oxygens (including phenoxy) is 1. The summed E-state index contributed by atoms with van der Waals surface area (Å²) < 4.78 is 24.8. The molecule has 0 saturated carbocycles. The first kappa shape index (κ1) is 20.2. The van der Waals surface area contributed by atoms with Crippen molar-refractivity contribution < 1.29 is 9.13 Å². The summed E-state index contributed by atoms with van der Waals surface area (Å²) in [5, 5.41) is 4.67. The number of aryl methyl sites for hydroxylation is 3. The molecule has 1 fully saturated rings. The number of hydrogen-bond donors (Lipinski definition) is 0. The Labute approximate surface area is 185 Å². The first-order valence-electron chi connectivity index (χ1n) is 10.5. The van der Waals surface area contributed by atoms with E-state index in [0.717, 1.165) is 46.6 Å². The highest BCUT2D eigenvalue weighted by atomic mass is 35.5. The predicted molar refractivity (Wildman–Crippen MR) is 119 cm³/mol. The van der Waals surface area contributed by atoms with Crippen molar-refractivity contribution in [2.45, 2.75) is 38.7 Å². The highest BCUT2D eigenvalue weighted by Gasteiger charge is 2.27. The Bertz CT molecular complexity index is 1280. The van der Waals surface area contributed by atoms with E-state index in [2.05, 4.69) is 21.8 Å². The van der Waals surface area contributed by atoms with Gasteiger partial charge >= 0.3 is 0 Å². The Morgan fingerprint density at radius 1 is 1.13 bits per heavy atom. The van der Waals surface area contributed by atoms with Crippen molar-refractivity contribution in [3.8, 4) is 11.1 Å². The van der Waals surface area contributed by atoms with E-state index in [1.54, 1.807) is 16.8 Å². The Kier molecular flexibility index (Phi) is 5.07. The fraction of sp³-hybridized carbons (Fsp3) is 0.333. The smallest absolute Gasteiger partial charge is 0.145 e. The van der Waals surface area contributed by atoms with E-state index < -0.39 is 0 Å². The minimum absolute atomic E-state index is 0.00415. The van der Waals surface area contributed by atoms with Gasteiger partial charge in [-0.1, -0.05) is 11.6 Å². The molecule has 0 radical (unpaired) electrons. The van der Waals surface area contributed by atoms with Crippen LogP contribution in [0.25, 0.3) is 16.8 Å². The molecule has 0 aliphatic carbocycles. The van der Waals surface area contributed by atoms with E-state index in [1.165, 1.54) is 6.07 Å². The maximum absolute atomic E-state index is 14.9. The summed E-state index contributed by atoms with van der Waals surface area (Å²) in [4.78, 5) is 4.73. The second-order valence-electron chi connectivity index (χ2n) is 8.32. The predicted octanol–water partition coefficient (Wildman–Crippen LogP) is 5.78. The van der Waals surface area contributed by atoms with Gasteiger partial charge in [0.15, 0.2) is 0 Å². The van der Waals surface area contributed by atoms with Gasteiger partial charge in [0.05, 0.1) is 18.0 Å². The van der Waals surface area contributed by atoms with Gasteiger partial charge in [-0.3, -0.25) is 4.68 Å². The maximum Gasteiger partial charge on any atom is 0.145 e. The molecule has 0 N–H and O–H groups in total. The van der Waals surface area contributed by atoms with Gasteiger partial charge in [0, 0.05) is 53.5 Å². The molecule has 1 aromatic carbocycles. The van der Waals surface area contributed by atoms with Gasteiger partial charge in [0.25, 0.3) is 0 Å². The molecule has 1 aliphatic heterocycles. The molecule has 1 saturated heterocycles. The van der Waals surface area contributed by atoms with Crippen LogP contribution in [0.4, 0.5) is 4.39 Å². The van der Waals surface area contributed by atoms with E-state index in [1.807, 2.05) is 33.3 Å². The van der Waals surface area contributed by atoms with Crippen molar-refractivity contribution in [2.75, 3.05) is 6.61 Å². The highest BCUT2D eigenvalue weighted by molar-refractivity contribution is 6.30. The summed E-state index contributed by atoms with van der Waals surface area (Å²) in [6, 6.07) is 6.90. The van der Waals surface area contributed by atoms with Gasteiger partial charge in [-0.25, -0.2) is 9.37 Å². The van der Waals surface area contributed by atoms with Crippen molar-refractivity contribution in [3.63, 3.8) is 0 Å². The number of fused-ring (bicyclic) bond motifs is 1. The number of aromatic nitrogens is 4. The topological polar surface area (TPSA) is 44.4 Å². The van der Waals surface area contributed by atoms with Crippen molar-refractivity contribution in [2.24, 2.45) is 7.05 Å². The Morgan fingerprint density at radius 2 is 1.97 bits per heavy atom. The quantitative estimate of drug-likeness (QED) is 0.407. The lowest BCUT2D eigenvalue weighted by Gasteiger charge is -2.29. The van der Waals surface area contributed by atoms with Gasteiger partial charge in [0.2, 0.25) is 0 Å². The SMILES string of the molecule is Cc1nc2c(-c3ccc(Cl)cc3F)cc([C@@H]3CCO[C@H](c4cnn(C)c4)C3)cn2c1C. The number of nitrogens with zero attached hydrogens (tertiary/aromatic N) is 4. The van der Waals surface area contributed by atoms with Crippen LogP contribution in [0.5, 0.6) is 0 Å². The van der Waals surface area contributed by atoms with Gasteiger partial charge in [-0.15, -0.1) is 0 Å². The fourth-order valence-corrected chi connectivity index (χ4v) is 4.62. The number of hydrogen-bond acceptors (Lipinski definition) is 3. The minimum Gasteiger partial charge on any atom is -0.373 e. The molecule has 5 rings (SSSR count). The van der Waals surface area contributed by atoms with Crippen molar-refractivity contribution in [3.05, 3.63) is 76.2 Å². The summed E-state index contributed by atoms with van der Waals surface area (Å²) >= 11 is 6.00. The average Bonchev–Trinajstić information content (AvgIpc) is 3.31. The summed E-state index contributed by atoms with van der Waals surface area (Å²) in [5.41, 5.74) is 6.30. The Morgan fingerprint density at radius 3 is 2.71 bits per heavy atom. The van der Waals surface area contributed by atoms with Crippen LogP contribution in [-0.2, 0) is 11.8 Å². The number of halogens is 2. The fourth-order valence-electron chi connectivity index (χ4n) is 4.46. The summed E-state index contributed by atoms with van der Waals surface area (Å²) in [6.07, 6.45) is 7.80. The van der Waals surface area contributed by atoms with Crippen LogP contribution >= 0.6 is 11.6 Å². The molecule has 3 aromatic heterocycles. The summed E-state index contributed by atoms with van der Waals surface area (Å²) in [7, 11) is 1.91. The number of benzene rings is 1. The number of imidazole rings is 1. The lowest BCUT2D eigenvalue weighted by Crippen LogP contribution is -2.19. The molecule has 31 heavy (non-hydrogen) atoms. The molecule has 0 spiro atoms. The normalized spacial score (nSPS) is 19.3. The van der Waals surface area contributed by atoms with Crippen LogP contribution in [0.1, 0.15) is 47.4 Å². The monoisotopic (exact) mass is 438 g/mol. The van der Waals surface area contributed by atoms with Crippen LogP contribution in [0.15, 0.2) is 42.9 Å². The lowest BCUT2D eigenvalue weighted by molar-refractivity contribution is 0.00518. The largest absolute Gasteiger partial charge is 0.373 e. The molecule has 0 unspecified atom stereocenters. The maximum atomic E-state index is 14.9. The molecule has 160 valence electrons. The number of pyridine rings is 1. The minimum atomic E-state index is -0.343. The number of rotatable bonds is 3. The molecule has 0 bridgehead atoms. The van der Waals surface area contributed by atoms with Crippen LogP contribution in [0.2, 0.25) is 5.02 Å². The van der Waals surface area contributed by atoms with E-state index in [9.17, 15) is 4.39 Å². The summed E-state index contributed by atoms with van der Waals surface area (Å²) in [5.74, 6) is -0.0513. The third kappa shape index (κ3) is 3.64. The molecule has 7 heteroatoms. The van der Waals surface area contributed by atoms with E-state index in [-0.39, 0.29) is 11.9 Å². The molecule has 2 atom stereocenters. The molecular weight excluding hydrogens is 415 g/mol. The van der Waals surface area contributed by atoms with E-state index >= 15 is 0 Å². The van der Waals surface area contributed by atoms with Gasteiger partial charge in [-0.2, -0.15) is 5.10 Å². The van der Waals surface area contributed by atoms with Gasteiger partial charge in [0.1, 0.15) is 11.5 Å². The third-order valence-corrected chi connectivity index (χ3v) is 6.53. The Hall–Kier alpha value is -2.70. The second-order valence-corrected chi connectivity index (χ2v) is 8.75. The third-order valence-electron chi connectivity index (χ3n) is 6.29. The highest BCUT2D eigenvalue weighted by Crippen LogP contribution is 2.40. The molecular formula is C24H24ClFN4O. The summed E-state index contributed by atoms with van der Waals surface area (Å²) in [6.45, 7) is 4.70. The van der Waals surface area contributed by atoms with Crippen molar-refractivity contribution >= 4 is 17.2 Å². The second kappa shape index (κ2) is 7.77. The zero-order valence-corrected chi connectivity index (χ0v) is 18.5. The van der Waals surface area contributed by atoms with Crippen LogP contribution in [-0.4, -0.2) is 25.8 Å². The van der Waals surface area contributed by atoms with Crippen molar-refractivity contribution in [1.82, 2.24) is 19.2 Å². The zero-order valence-electron chi connectivity index (χ0n) is 17.8. The first-order chi connectivity index (χ1) is 14.9. The van der Waals surface area contributed by atoms with Gasteiger partial charge in [-0.05, 0) is 62.4 Å². The van der Waals surface area contributed by atoms with Crippen LogP contribution in [0.3, 0.4) is 0 Å². The molecule has 4 heterocycles. The lowest BCUT2D eigenvalue weighted by atomic mass is 9.86. The average molecular weight is 439 g/mol. The molecule has 4 aromatic rings. The molecule has 1 aliphatic rings. The van der Waals surface area contributed by atoms with E-state index in [0.29, 0.717) is 23.1 Å².